The molecule has 3 N–H and O–H groups in total. The van der Waals surface area contributed by atoms with E-state index in [9.17, 15) is 4.39 Å². The summed E-state index contributed by atoms with van der Waals surface area (Å²) in [6, 6.07) is 6.72. The van der Waals surface area contributed by atoms with E-state index in [0.717, 1.165) is 17.1 Å². The van der Waals surface area contributed by atoms with Gasteiger partial charge in [-0.2, -0.15) is 0 Å². The van der Waals surface area contributed by atoms with Gasteiger partial charge in [-0.15, -0.1) is 11.8 Å². The summed E-state index contributed by atoms with van der Waals surface area (Å²) in [6.45, 7) is 8.49. The van der Waals surface area contributed by atoms with Crippen molar-refractivity contribution < 1.29 is 9.13 Å². The Bertz CT molecular complexity index is 476. The molecule has 0 spiro atoms. The first-order valence-electron chi connectivity index (χ1n) is 7.28. The van der Waals surface area contributed by atoms with E-state index in [1.54, 1.807) is 23.9 Å². The molecule has 118 valence electrons. The van der Waals surface area contributed by atoms with Crippen molar-refractivity contribution in [3.63, 3.8) is 0 Å². The fraction of sp³-hybridized carbons (Fsp3) is 0.625. The topological polar surface area (TPSA) is 47.3 Å². The first kappa shape index (κ1) is 16.7. The largest absolute Gasteiger partial charge is 0.369 e. The number of halogens is 1. The zero-order chi connectivity index (χ0) is 15.7. The van der Waals surface area contributed by atoms with Crippen molar-refractivity contribution in [2.45, 2.75) is 56.3 Å². The van der Waals surface area contributed by atoms with Crippen molar-refractivity contribution >= 4 is 11.8 Å². The average Bonchev–Trinajstić information content (AvgIpc) is 2.61. The molecule has 0 bridgehead atoms. The van der Waals surface area contributed by atoms with Crippen LogP contribution in [0, 0.1) is 11.7 Å². The normalized spacial score (nSPS) is 25.0. The fourth-order valence-corrected chi connectivity index (χ4v) is 4.26. The molecule has 1 aromatic rings. The Morgan fingerprint density at radius 1 is 1.33 bits per heavy atom. The number of ether oxygens (including phenoxy) is 1. The molecule has 0 aliphatic carbocycles. The smallest absolute Gasteiger partial charge is 0.123 e. The monoisotopic (exact) mass is 312 g/mol. The van der Waals surface area contributed by atoms with Gasteiger partial charge in [-0.25, -0.2) is 4.39 Å². The summed E-state index contributed by atoms with van der Waals surface area (Å²) in [4.78, 5) is 1.05. The van der Waals surface area contributed by atoms with E-state index in [4.69, 9.17) is 10.6 Å². The van der Waals surface area contributed by atoms with Crippen molar-refractivity contribution in [3.05, 3.63) is 30.1 Å². The summed E-state index contributed by atoms with van der Waals surface area (Å²) in [6.07, 6.45) is 0.971. The Kier molecular flexibility index (Phi) is 4.98. The molecule has 1 heterocycles. The fourth-order valence-electron chi connectivity index (χ4n) is 3.23. The molecular weight excluding hydrogens is 287 g/mol. The van der Waals surface area contributed by atoms with E-state index >= 15 is 0 Å². The third-order valence-electron chi connectivity index (χ3n) is 4.09. The highest BCUT2D eigenvalue weighted by Crippen LogP contribution is 2.44. The maximum Gasteiger partial charge on any atom is 0.123 e. The third-order valence-corrected chi connectivity index (χ3v) is 5.22. The number of hydrogen-bond donors (Lipinski definition) is 2. The van der Waals surface area contributed by atoms with Gasteiger partial charge < -0.3 is 4.74 Å². The number of benzene rings is 1. The molecule has 1 saturated heterocycles. The molecule has 0 aromatic heterocycles. The second-order valence-electron chi connectivity index (χ2n) is 6.81. The van der Waals surface area contributed by atoms with Crippen LogP contribution < -0.4 is 11.3 Å². The molecule has 2 atom stereocenters. The quantitative estimate of drug-likeness (QED) is 0.497. The van der Waals surface area contributed by atoms with Gasteiger partial charge in [-0.3, -0.25) is 11.3 Å². The summed E-state index contributed by atoms with van der Waals surface area (Å²) < 4.78 is 19.1. The summed E-state index contributed by atoms with van der Waals surface area (Å²) in [5.41, 5.74) is 2.62. The molecule has 0 amide bonds. The van der Waals surface area contributed by atoms with Crippen LogP contribution in [0.3, 0.4) is 0 Å². The van der Waals surface area contributed by atoms with E-state index < -0.39 is 0 Å². The van der Waals surface area contributed by atoms with Gasteiger partial charge in [0.1, 0.15) is 5.82 Å². The number of hydrazine groups is 1. The van der Waals surface area contributed by atoms with Crippen LogP contribution in [0.25, 0.3) is 0 Å². The van der Waals surface area contributed by atoms with E-state index in [-0.39, 0.29) is 23.1 Å². The molecular formula is C16H25FN2OS. The molecule has 2 rings (SSSR count). The Labute approximate surface area is 130 Å². The van der Waals surface area contributed by atoms with E-state index in [0.29, 0.717) is 5.92 Å². The molecule has 1 aromatic carbocycles. The van der Waals surface area contributed by atoms with Gasteiger partial charge in [-0.05, 0) is 58.4 Å². The van der Waals surface area contributed by atoms with Gasteiger partial charge in [0, 0.05) is 22.6 Å². The van der Waals surface area contributed by atoms with E-state index in [1.807, 2.05) is 0 Å². The number of rotatable bonds is 5. The Balaban J connectivity index is 2.01. The maximum atomic E-state index is 12.9. The highest BCUT2D eigenvalue weighted by Gasteiger charge is 2.48. The highest BCUT2D eigenvalue weighted by molar-refractivity contribution is 7.99. The standard InChI is InChI=1S/C16H25FN2OS/c1-15(2)9-13(16(3,4)20-15)14(19-18)10-21-12-7-5-11(17)6-8-12/h5-8,13-14,19H,9-10,18H2,1-4H3. The SMILES string of the molecule is CC1(C)CC(C(CSc2ccc(F)cc2)NN)C(C)(C)O1. The van der Waals surface area contributed by atoms with E-state index in [1.165, 1.54) is 12.1 Å². The zero-order valence-electron chi connectivity index (χ0n) is 13.2. The van der Waals surface area contributed by atoms with Crippen molar-refractivity contribution in [1.82, 2.24) is 5.43 Å². The lowest BCUT2D eigenvalue weighted by atomic mass is 9.82. The Morgan fingerprint density at radius 2 is 1.95 bits per heavy atom. The molecule has 3 nitrogen and oxygen atoms in total. The lowest BCUT2D eigenvalue weighted by molar-refractivity contribution is -0.0769. The van der Waals surface area contributed by atoms with Gasteiger partial charge in [0.25, 0.3) is 0 Å². The van der Waals surface area contributed by atoms with Crippen LogP contribution in [0.1, 0.15) is 34.1 Å². The molecule has 0 radical (unpaired) electrons. The Hall–Kier alpha value is -0.620. The first-order valence-corrected chi connectivity index (χ1v) is 8.27. The highest BCUT2D eigenvalue weighted by atomic mass is 32.2. The minimum Gasteiger partial charge on any atom is -0.369 e. The summed E-state index contributed by atoms with van der Waals surface area (Å²) >= 11 is 1.68. The van der Waals surface area contributed by atoms with Gasteiger partial charge in [0.05, 0.1) is 11.2 Å². The predicted molar refractivity (Wildman–Crippen MR) is 85.6 cm³/mol. The minimum absolute atomic E-state index is 0.121. The first-order chi connectivity index (χ1) is 9.73. The number of nitrogens with one attached hydrogen (secondary N) is 1. The lowest BCUT2D eigenvalue weighted by Gasteiger charge is -2.32. The minimum atomic E-state index is -0.208. The summed E-state index contributed by atoms with van der Waals surface area (Å²) in [5, 5.41) is 0. The van der Waals surface area contributed by atoms with Gasteiger partial charge in [-0.1, -0.05) is 0 Å². The molecule has 21 heavy (non-hydrogen) atoms. The van der Waals surface area contributed by atoms with Crippen LogP contribution in [0.5, 0.6) is 0 Å². The van der Waals surface area contributed by atoms with Crippen LogP contribution in [0.15, 0.2) is 29.2 Å². The number of thioether (sulfide) groups is 1. The van der Waals surface area contributed by atoms with Crippen LogP contribution in [-0.2, 0) is 4.74 Å². The van der Waals surface area contributed by atoms with Crippen LogP contribution >= 0.6 is 11.8 Å². The van der Waals surface area contributed by atoms with Crippen LogP contribution in [0.4, 0.5) is 4.39 Å². The molecule has 1 aliphatic heterocycles. The maximum absolute atomic E-state index is 12.9. The molecule has 0 saturated carbocycles. The zero-order valence-corrected chi connectivity index (χ0v) is 14.0. The van der Waals surface area contributed by atoms with Crippen LogP contribution in [0.2, 0.25) is 0 Å². The van der Waals surface area contributed by atoms with Gasteiger partial charge >= 0.3 is 0 Å². The van der Waals surface area contributed by atoms with Gasteiger partial charge in [0.2, 0.25) is 0 Å². The molecule has 1 fully saturated rings. The van der Waals surface area contributed by atoms with E-state index in [2.05, 4.69) is 33.1 Å². The third kappa shape index (κ3) is 4.19. The van der Waals surface area contributed by atoms with Gasteiger partial charge in [0.15, 0.2) is 0 Å². The Morgan fingerprint density at radius 3 is 2.43 bits per heavy atom. The number of nitrogens with two attached hydrogens (primary N) is 1. The van der Waals surface area contributed by atoms with Crippen molar-refractivity contribution in [2.75, 3.05) is 5.75 Å². The molecule has 5 heteroatoms. The summed E-state index contributed by atoms with van der Waals surface area (Å²) in [5.74, 6) is 6.73. The summed E-state index contributed by atoms with van der Waals surface area (Å²) in [7, 11) is 0. The predicted octanol–water partition coefficient (Wildman–Crippen LogP) is 3.34. The van der Waals surface area contributed by atoms with Crippen molar-refractivity contribution in [3.8, 4) is 0 Å². The lowest BCUT2D eigenvalue weighted by Crippen LogP contribution is -2.48. The average molecular weight is 312 g/mol. The molecule has 1 aliphatic rings. The van der Waals surface area contributed by atoms with Crippen molar-refractivity contribution in [2.24, 2.45) is 11.8 Å². The second-order valence-corrected chi connectivity index (χ2v) is 7.91. The number of hydrogen-bond acceptors (Lipinski definition) is 4. The second kappa shape index (κ2) is 6.24. The van der Waals surface area contributed by atoms with Crippen molar-refractivity contribution in [1.29, 1.82) is 0 Å². The molecule has 2 unspecified atom stereocenters. The van der Waals surface area contributed by atoms with Crippen LogP contribution in [-0.4, -0.2) is 23.0 Å².